The molecule has 1 aromatic carbocycles. The number of likely N-dealkylation sites (tertiary alicyclic amines) is 1. The van der Waals surface area contributed by atoms with Crippen LogP contribution in [0.15, 0.2) is 30.3 Å². The van der Waals surface area contributed by atoms with E-state index in [2.05, 4.69) is 54.2 Å². The Kier molecular flexibility index (Phi) is 4.38. The maximum Gasteiger partial charge on any atom is 0.0628 e. The van der Waals surface area contributed by atoms with Crippen molar-refractivity contribution in [1.82, 2.24) is 9.80 Å². The minimum atomic E-state index is -0.0311. The topological polar surface area (TPSA) is 26.7 Å². The lowest BCUT2D eigenvalue weighted by Crippen LogP contribution is -2.49. The zero-order valence-electron chi connectivity index (χ0n) is 11.5. The normalized spacial score (nSPS) is 24.9. The standard InChI is InChI=1S/C15H24N2O/c1-16(2)15(13-18)9-11-17(12-15)10-8-14-6-4-3-5-7-14/h3-7,18H,8-13H2,1-2H3. The number of rotatable bonds is 5. The molecule has 1 N–H and O–H groups in total. The van der Waals surface area contributed by atoms with Gasteiger partial charge < -0.3 is 14.9 Å². The summed E-state index contributed by atoms with van der Waals surface area (Å²) in [5.41, 5.74) is 1.36. The van der Waals surface area contributed by atoms with Crippen molar-refractivity contribution in [2.24, 2.45) is 0 Å². The van der Waals surface area contributed by atoms with Gasteiger partial charge in [-0.25, -0.2) is 0 Å². The second kappa shape index (κ2) is 5.83. The Morgan fingerprint density at radius 3 is 2.56 bits per heavy atom. The molecular weight excluding hydrogens is 224 g/mol. The summed E-state index contributed by atoms with van der Waals surface area (Å²) in [4.78, 5) is 4.64. The fraction of sp³-hybridized carbons (Fsp3) is 0.600. The maximum atomic E-state index is 9.62. The summed E-state index contributed by atoms with van der Waals surface area (Å²) in [5.74, 6) is 0. The molecule has 1 aromatic rings. The highest BCUT2D eigenvalue weighted by atomic mass is 16.3. The second-order valence-electron chi connectivity index (χ2n) is 5.54. The minimum absolute atomic E-state index is 0.0311. The van der Waals surface area contributed by atoms with Crippen LogP contribution in [0.4, 0.5) is 0 Å². The summed E-state index contributed by atoms with van der Waals surface area (Å²) in [7, 11) is 4.13. The van der Waals surface area contributed by atoms with Gasteiger partial charge in [0, 0.05) is 19.6 Å². The molecule has 1 atom stereocenters. The molecule has 1 heterocycles. The fourth-order valence-electron chi connectivity index (χ4n) is 2.70. The quantitative estimate of drug-likeness (QED) is 0.849. The molecular formula is C15H24N2O. The molecule has 1 unspecified atom stereocenters. The molecule has 0 aromatic heterocycles. The lowest BCUT2D eigenvalue weighted by Gasteiger charge is -2.34. The maximum absolute atomic E-state index is 9.62. The van der Waals surface area contributed by atoms with Crippen LogP contribution in [0.2, 0.25) is 0 Å². The smallest absolute Gasteiger partial charge is 0.0628 e. The number of hydrogen-bond donors (Lipinski definition) is 1. The van der Waals surface area contributed by atoms with Crippen molar-refractivity contribution in [3.8, 4) is 0 Å². The molecule has 0 saturated carbocycles. The highest BCUT2D eigenvalue weighted by Crippen LogP contribution is 2.25. The molecule has 100 valence electrons. The summed E-state index contributed by atoms with van der Waals surface area (Å²) in [6, 6.07) is 10.6. The van der Waals surface area contributed by atoms with E-state index < -0.39 is 0 Å². The van der Waals surface area contributed by atoms with E-state index in [9.17, 15) is 5.11 Å². The van der Waals surface area contributed by atoms with Gasteiger partial charge in [0.15, 0.2) is 0 Å². The van der Waals surface area contributed by atoms with Crippen molar-refractivity contribution in [3.63, 3.8) is 0 Å². The third kappa shape index (κ3) is 2.91. The number of hydrogen-bond acceptors (Lipinski definition) is 3. The second-order valence-corrected chi connectivity index (χ2v) is 5.54. The zero-order chi connectivity index (χ0) is 13.0. The summed E-state index contributed by atoms with van der Waals surface area (Å²) in [6.45, 7) is 3.40. The minimum Gasteiger partial charge on any atom is -0.394 e. The Labute approximate surface area is 110 Å². The number of likely N-dealkylation sites (N-methyl/N-ethyl adjacent to an activating group) is 1. The van der Waals surface area contributed by atoms with Gasteiger partial charge in [-0.1, -0.05) is 30.3 Å². The first-order valence-electron chi connectivity index (χ1n) is 6.71. The van der Waals surface area contributed by atoms with Gasteiger partial charge in [-0.05, 0) is 32.5 Å². The van der Waals surface area contributed by atoms with Gasteiger partial charge in [0.05, 0.1) is 12.1 Å². The summed E-state index contributed by atoms with van der Waals surface area (Å²) >= 11 is 0. The van der Waals surface area contributed by atoms with Crippen molar-refractivity contribution < 1.29 is 5.11 Å². The third-order valence-corrected chi connectivity index (χ3v) is 4.21. The number of aliphatic hydroxyl groups is 1. The molecule has 3 nitrogen and oxygen atoms in total. The molecule has 2 rings (SSSR count). The average molecular weight is 248 g/mol. The van der Waals surface area contributed by atoms with Crippen LogP contribution in [-0.2, 0) is 6.42 Å². The van der Waals surface area contributed by atoms with E-state index in [4.69, 9.17) is 0 Å². The first kappa shape index (κ1) is 13.5. The van der Waals surface area contributed by atoms with Gasteiger partial charge in [-0.3, -0.25) is 0 Å². The SMILES string of the molecule is CN(C)C1(CO)CCN(CCc2ccccc2)C1. The molecule has 0 bridgehead atoms. The Hall–Kier alpha value is -0.900. The van der Waals surface area contributed by atoms with Crippen LogP contribution in [0.5, 0.6) is 0 Å². The number of nitrogens with zero attached hydrogens (tertiary/aromatic N) is 2. The van der Waals surface area contributed by atoms with Crippen LogP contribution >= 0.6 is 0 Å². The van der Waals surface area contributed by atoms with E-state index >= 15 is 0 Å². The van der Waals surface area contributed by atoms with Gasteiger partial charge in [-0.2, -0.15) is 0 Å². The zero-order valence-corrected chi connectivity index (χ0v) is 11.5. The predicted molar refractivity (Wildman–Crippen MR) is 74.7 cm³/mol. The Bertz CT molecular complexity index is 366. The highest BCUT2D eigenvalue weighted by molar-refractivity contribution is 5.15. The van der Waals surface area contributed by atoms with Crippen LogP contribution in [0.25, 0.3) is 0 Å². The molecule has 0 radical (unpaired) electrons. The molecule has 1 aliphatic heterocycles. The van der Waals surface area contributed by atoms with Crippen molar-refractivity contribution in [1.29, 1.82) is 0 Å². The average Bonchev–Trinajstić information content (AvgIpc) is 2.83. The van der Waals surface area contributed by atoms with Gasteiger partial charge in [0.1, 0.15) is 0 Å². The van der Waals surface area contributed by atoms with Gasteiger partial charge in [-0.15, -0.1) is 0 Å². The van der Waals surface area contributed by atoms with E-state index in [1.807, 2.05) is 0 Å². The van der Waals surface area contributed by atoms with Crippen LogP contribution in [-0.4, -0.2) is 60.8 Å². The van der Waals surface area contributed by atoms with E-state index in [0.717, 1.165) is 32.5 Å². The van der Waals surface area contributed by atoms with E-state index in [0.29, 0.717) is 0 Å². The Morgan fingerprint density at radius 2 is 2.00 bits per heavy atom. The van der Waals surface area contributed by atoms with Crippen molar-refractivity contribution in [3.05, 3.63) is 35.9 Å². The lowest BCUT2D eigenvalue weighted by atomic mass is 9.99. The van der Waals surface area contributed by atoms with Crippen molar-refractivity contribution >= 4 is 0 Å². The monoisotopic (exact) mass is 248 g/mol. The Balaban J connectivity index is 1.86. The van der Waals surface area contributed by atoms with Crippen LogP contribution < -0.4 is 0 Å². The first-order valence-corrected chi connectivity index (χ1v) is 6.71. The lowest BCUT2D eigenvalue weighted by molar-refractivity contribution is 0.0746. The van der Waals surface area contributed by atoms with Crippen molar-refractivity contribution in [2.75, 3.05) is 40.3 Å². The summed E-state index contributed by atoms with van der Waals surface area (Å²) in [5, 5.41) is 9.62. The molecule has 1 aliphatic rings. The highest BCUT2D eigenvalue weighted by Gasteiger charge is 2.39. The van der Waals surface area contributed by atoms with Crippen molar-refractivity contribution in [2.45, 2.75) is 18.4 Å². The summed E-state index contributed by atoms with van der Waals surface area (Å²) in [6.07, 6.45) is 2.15. The third-order valence-electron chi connectivity index (χ3n) is 4.21. The van der Waals surface area contributed by atoms with E-state index in [1.165, 1.54) is 5.56 Å². The van der Waals surface area contributed by atoms with Crippen LogP contribution in [0, 0.1) is 0 Å². The molecule has 0 amide bonds. The molecule has 0 spiro atoms. The fourth-order valence-corrected chi connectivity index (χ4v) is 2.70. The van der Waals surface area contributed by atoms with Gasteiger partial charge >= 0.3 is 0 Å². The molecule has 1 fully saturated rings. The largest absolute Gasteiger partial charge is 0.394 e. The summed E-state index contributed by atoms with van der Waals surface area (Å²) < 4.78 is 0. The molecule has 3 heteroatoms. The Morgan fingerprint density at radius 1 is 1.28 bits per heavy atom. The number of aliphatic hydroxyl groups excluding tert-OH is 1. The van der Waals surface area contributed by atoms with E-state index in [1.54, 1.807) is 0 Å². The van der Waals surface area contributed by atoms with Gasteiger partial charge in [0.25, 0.3) is 0 Å². The van der Waals surface area contributed by atoms with Crippen LogP contribution in [0.1, 0.15) is 12.0 Å². The van der Waals surface area contributed by atoms with Crippen LogP contribution in [0.3, 0.4) is 0 Å². The first-order chi connectivity index (χ1) is 8.66. The predicted octanol–water partition coefficient (Wildman–Crippen LogP) is 1.23. The molecule has 1 saturated heterocycles. The molecule has 18 heavy (non-hydrogen) atoms. The molecule has 0 aliphatic carbocycles. The van der Waals surface area contributed by atoms with Gasteiger partial charge in [0.2, 0.25) is 0 Å². The van der Waals surface area contributed by atoms with E-state index in [-0.39, 0.29) is 12.1 Å². The number of benzene rings is 1.